The van der Waals surface area contributed by atoms with E-state index < -0.39 is 0 Å². The van der Waals surface area contributed by atoms with Gasteiger partial charge in [-0.3, -0.25) is 0 Å². The Morgan fingerprint density at radius 3 is 3.00 bits per heavy atom. The number of nitrogens with zero attached hydrogens (tertiary/aromatic N) is 1. The number of hydrogen-bond acceptors (Lipinski definition) is 4. The number of hydrogen-bond donors (Lipinski definition) is 2. The maximum Gasteiger partial charge on any atom is 0.136 e. The number of nitrogens with two attached hydrogens (primary N) is 1. The van der Waals surface area contributed by atoms with Gasteiger partial charge in [0.1, 0.15) is 10.8 Å². The van der Waals surface area contributed by atoms with Crippen molar-refractivity contribution < 1.29 is 0 Å². The number of rotatable bonds is 4. The van der Waals surface area contributed by atoms with Crippen molar-refractivity contribution >= 4 is 34.8 Å². The molecule has 1 atom stereocenters. The third-order valence-electron chi connectivity index (χ3n) is 3.11. The average Bonchev–Trinajstić information content (AvgIpc) is 2.77. The van der Waals surface area contributed by atoms with Crippen molar-refractivity contribution in [1.29, 1.82) is 0 Å². The molecule has 3 nitrogen and oxygen atoms in total. The van der Waals surface area contributed by atoms with E-state index in [0.29, 0.717) is 10.2 Å². The van der Waals surface area contributed by atoms with Crippen LogP contribution in [0.2, 0.25) is 0 Å². The number of aromatic nitrogens is 1. The van der Waals surface area contributed by atoms with Crippen LogP contribution in [0.25, 0.3) is 0 Å². The Morgan fingerprint density at radius 2 is 2.39 bits per heavy atom. The van der Waals surface area contributed by atoms with Gasteiger partial charge in [-0.25, -0.2) is 4.98 Å². The summed E-state index contributed by atoms with van der Waals surface area (Å²) < 4.78 is 0. The zero-order valence-electron chi connectivity index (χ0n) is 10.8. The predicted molar refractivity (Wildman–Crippen MR) is 83.6 cm³/mol. The SMILES string of the molecule is Cc1cc(C)c(C(N)=S)c(NCC2CCCS2)n1. The van der Waals surface area contributed by atoms with Crippen molar-refractivity contribution in [1.82, 2.24) is 4.98 Å². The Balaban J connectivity index is 2.16. The standard InChI is InChI=1S/C13H19N3S2/c1-8-6-9(2)16-13(11(8)12(14)17)15-7-10-4-3-5-18-10/h6,10H,3-5,7H2,1-2H3,(H2,14,17)(H,15,16). The van der Waals surface area contributed by atoms with E-state index in [0.717, 1.165) is 29.2 Å². The van der Waals surface area contributed by atoms with E-state index >= 15 is 0 Å². The lowest BCUT2D eigenvalue weighted by molar-refractivity contribution is 0.803. The summed E-state index contributed by atoms with van der Waals surface area (Å²) in [5.74, 6) is 2.11. The molecule has 1 aromatic heterocycles. The van der Waals surface area contributed by atoms with Crippen LogP contribution in [-0.2, 0) is 0 Å². The number of pyridine rings is 1. The molecule has 1 saturated heterocycles. The highest BCUT2D eigenvalue weighted by Gasteiger charge is 2.17. The molecule has 0 bridgehead atoms. The van der Waals surface area contributed by atoms with E-state index in [4.69, 9.17) is 18.0 Å². The molecule has 2 heterocycles. The van der Waals surface area contributed by atoms with E-state index in [1.807, 2.05) is 31.7 Å². The van der Waals surface area contributed by atoms with Crippen LogP contribution in [0.5, 0.6) is 0 Å². The highest BCUT2D eigenvalue weighted by molar-refractivity contribution is 8.00. The van der Waals surface area contributed by atoms with Gasteiger partial charge in [0.2, 0.25) is 0 Å². The van der Waals surface area contributed by atoms with Crippen LogP contribution in [-0.4, -0.2) is 27.5 Å². The molecule has 0 saturated carbocycles. The molecule has 1 aliphatic heterocycles. The average molecular weight is 281 g/mol. The summed E-state index contributed by atoms with van der Waals surface area (Å²) in [6, 6.07) is 2.02. The second-order valence-electron chi connectivity index (χ2n) is 4.68. The molecule has 98 valence electrons. The van der Waals surface area contributed by atoms with Gasteiger partial charge >= 0.3 is 0 Å². The molecule has 2 rings (SSSR count). The summed E-state index contributed by atoms with van der Waals surface area (Å²) >= 11 is 7.15. The number of thioether (sulfide) groups is 1. The normalized spacial score (nSPS) is 18.9. The van der Waals surface area contributed by atoms with Gasteiger partial charge in [0, 0.05) is 17.5 Å². The lowest BCUT2D eigenvalue weighted by atomic mass is 10.1. The Labute approximate surface area is 118 Å². The maximum absolute atomic E-state index is 5.80. The topological polar surface area (TPSA) is 50.9 Å². The molecule has 0 aromatic carbocycles. The zero-order chi connectivity index (χ0) is 13.1. The lowest BCUT2D eigenvalue weighted by Crippen LogP contribution is -2.20. The van der Waals surface area contributed by atoms with Crippen LogP contribution in [0.1, 0.15) is 29.7 Å². The van der Waals surface area contributed by atoms with E-state index in [9.17, 15) is 0 Å². The fourth-order valence-electron chi connectivity index (χ4n) is 2.29. The summed E-state index contributed by atoms with van der Waals surface area (Å²) in [6.45, 7) is 4.96. The van der Waals surface area contributed by atoms with Crippen LogP contribution in [0, 0.1) is 13.8 Å². The van der Waals surface area contributed by atoms with Crippen molar-refractivity contribution in [2.45, 2.75) is 31.9 Å². The van der Waals surface area contributed by atoms with Gasteiger partial charge in [-0.1, -0.05) is 12.2 Å². The van der Waals surface area contributed by atoms with Gasteiger partial charge in [-0.2, -0.15) is 11.8 Å². The van der Waals surface area contributed by atoms with Crippen LogP contribution in [0.4, 0.5) is 5.82 Å². The molecule has 1 unspecified atom stereocenters. The van der Waals surface area contributed by atoms with E-state index in [-0.39, 0.29) is 0 Å². The molecule has 1 aromatic rings. The van der Waals surface area contributed by atoms with Gasteiger partial charge in [-0.15, -0.1) is 0 Å². The smallest absolute Gasteiger partial charge is 0.136 e. The highest BCUT2D eigenvalue weighted by atomic mass is 32.2. The summed E-state index contributed by atoms with van der Waals surface area (Å²) in [5, 5.41) is 4.11. The van der Waals surface area contributed by atoms with Crippen molar-refractivity contribution in [3.8, 4) is 0 Å². The third kappa shape index (κ3) is 3.14. The Kier molecular flexibility index (Phi) is 4.45. The van der Waals surface area contributed by atoms with Crippen LogP contribution in [0.3, 0.4) is 0 Å². The Bertz CT molecular complexity index is 454. The van der Waals surface area contributed by atoms with Crippen molar-refractivity contribution in [3.63, 3.8) is 0 Å². The van der Waals surface area contributed by atoms with Crippen molar-refractivity contribution in [3.05, 3.63) is 22.9 Å². The van der Waals surface area contributed by atoms with E-state index in [1.165, 1.54) is 18.6 Å². The van der Waals surface area contributed by atoms with Crippen LogP contribution < -0.4 is 11.1 Å². The number of thiocarbonyl (C=S) groups is 1. The van der Waals surface area contributed by atoms with E-state index in [2.05, 4.69) is 10.3 Å². The predicted octanol–water partition coefficient (Wildman–Crippen LogP) is 2.64. The molecule has 0 aliphatic carbocycles. The summed E-state index contributed by atoms with van der Waals surface area (Å²) in [4.78, 5) is 4.95. The number of anilines is 1. The van der Waals surface area contributed by atoms with Gasteiger partial charge < -0.3 is 11.1 Å². The minimum absolute atomic E-state index is 0.418. The zero-order valence-corrected chi connectivity index (χ0v) is 12.5. The van der Waals surface area contributed by atoms with Gasteiger partial charge in [0.25, 0.3) is 0 Å². The van der Waals surface area contributed by atoms with Crippen LogP contribution in [0.15, 0.2) is 6.07 Å². The van der Waals surface area contributed by atoms with Gasteiger partial charge in [-0.05, 0) is 44.1 Å². The second kappa shape index (κ2) is 5.89. The molecular formula is C13H19N3S2. The number of nitrogens with one attached hydrogen (secondary N) is 1. The Morgan fingerprint density at radius 1 is 1.61 bits per heavy atom. The summed E-state index contributed by atoms with van der Waals surface area (Å²) in [6.07, 6.45) is 2.60. The summed E-state index contributed by atoms with van der Waals surface area (Å²) in [7, 11) is 0. The molecule has 1 fully saturated rings. The molecule has 0 amide bonds. The van der Waals surface area contributed by atoms with Gasteiger partial charge in [0.15, 0.2) is 0 Å². The molecule has 5 heteroatoms. The van der Waals surface area contributed by atoms with Gasteiger partial charge in [0.05, 0.1) is 5.56 Å². The first-order valence-corrected chi connectivity index (χ1v) is 7.67. The van der Waals surface area contributed by atoms with E-state index in [1.54, 1.807) is 0 Å². The fourth-order valence-corrected chi connectivity index (χ4v) is 3.75. The molecule has 1 aliphatic rings. The molecule has 0 radical (unpaired) electrons. The van der Waals surface area contributed by atoms with Crippen molar-refractivity contribution in [2.75, 3.05) is 17.6 Å². The summed E-state index contributed by atoms with van der Waals surface area (Å²) in [5.41, 5.74) is 8.77. The first-order chi connectivity index (χ1) is 8.58. The molecular weight excluding hydrogens is 262 g/mol. The molecule has 0 spiro atoms. The van der Waals surface area contributed by atoms with Crippen LogP contribution >= 0.6 is 24.0 Å². The highest BCUT2D eigenvalue weighted by Crippen LogP contribution is 2.27. The largest absolute Gasteiger partial charge is 0.389 e. The number of aryl methyl sites for hydroxylation is 2. The monoisotopic (exact) mass is 281 g/mol. The fraction of sp³-hybridized carbons (Fsp3) is 0.538. The first kappa shape index (κ1) is 13.6. The second-order valence-corrected chi connectivity index (χ2v) is 6.53. The molecule has 3 N–H and O–H groups in total. The third-order valence-corrected chi connectivity index (χ3v) is 4.71. The lowest BCUT2D eigenvalue weighted by Gasteiger charge is -2.16. The van der Waals surface area contributed by atoms with Crippen molar-refractivity contribution in [2.24, 2.45) is 5.73 Å². The Hall–Kier alpha value is -0.810. The minimum Gasteiger partial charge on any atom is -0.389 e. The molecule has 18 heavy (non-hydrogen) atoms. The minimum atomic E-state index is 0.418. The first-order valence-electron chi connectivity index (χ1n) is 6.21. The quantitative estimate of drug-likeness (QED) is 0.831. The maximum atomic E-state index is 5.80.